The average molecular weight is 258 g/mol. The van der Waals surface area contributed by atoms with Crippen LogP contribution in [0.25, 0.3) is 10.9 Å². The summed E-state index contributed by atoms with van der Waals surface area (Å²) in [6.07, 6.45) is 2.15. The van der Waals surface area contributed by atoms with Gasteiger partial charge in [0.05, 0.1) is 0 Å². The molecule has 3 rings (SSSR count). The summed E-state index contributed by atoms with van der Waals surface area (Å²) in [5.74, 6) is 0. The number of nitrogens with one attached hydrogen (secondary N) is 3. The van der Waals surface area contributed by atoms with E-state index in [0.29, 0.717) is 6.04 Å². The lowest BCUT2D eigenvalue weighted by molar-refractivity contribution is 0.219. The molecule has 1 aliphatic rings. The minimum Gasteiger partial charge on any atom is -0.361 e. The lowest BCUT2D eigenvalue weighted by atomic mass is 10.1. The Hall–Kier alpha value is -1.36. The van der Waals surface area contributed by atoms with Gasteiger partial charge in [-0.2, -0.15) is 0 Å². The summed E-state index contributed by atoms with van der Waals surface area (Å²) in [7, 11) is 2.05. The molecule has 1 unspecified atom stereocenters. The van der Waals surface area contributed by atoms with Crippen LogP contribution in [-0.2, 0) is 0 Å². The van der Waals surface area contributed by atoms with Crippen molar-refractivity contribution in [1.82, 2.24) is 20.5 Å². The van der Waals surface area contributed by atoms with Crippen molar-refractivity contribution >= 4 is 10.9 Å². The van der Waals surface area contributed by atoms with Crippen LogP contribution in [-0.4, -0.2) is 49.7 Å². The summed E-state index contributed by atoms with van der Waals surface area (Å²) in [6.45, 7) is 5.55. The van der Waals surface area contributed by atoms with E-state index in [1.54, 1.807) is 0 Å². The van der Waals surface area contributed by atoms with Crippen molar-refractivity contribution in [1.29, 1.82) is 0 Å². The molecule has 0 spiro atoms. The molecule has 1 fully saturated rings. The highest BCUT2D eigenvalue weighted by atomic mass is 15.2. The van der Waals surface area contributed by atoms with Crippen molar-refractivity contribution in [3.05, 3.63) is 36.0 Å². The molecule has 1 aromatic heterocycles. The third-order valence-corrected chi connectivity index (χ3v) is 4.00. The first kappa shape index (κ1) is 12.7. The van der Waals surface area contributed by atoms with E-state index in [0.717, 1.165) is 32.7 Å². The Morgan fingerprint density at radius 2 is 2.05 bits per heavy atom. The molecule has 4 nitrogen and oxygen atoms in total. The maximum atomic E-state index is 3.46. The molecule has 19 heavy (non-hydrogen) atoms. The molecular weight excluding hydrogens is 236 g/mol. The van der Waals surface area contributed by atoms with E-state index in [2.05, 4.69) is 58.0 Å². The molecule has 0 saturated carbocycles. The van der Waals surface area contributed by atoms with Crippen LogP contribution in [0.4, 0.5) is 0 Å². The van der Waals surface area contributed by atoms with Gasteiger partial charge < -0.3 is 15.6 Å². The highest BCUT2D eigenvalue weighted by molar-refractivity contribution is 5.83. The van der Waals surface area contributed by atoms with Crippen LogP contribution in [0, 0.1) is 0 Å². The van der Waals surface area contributed by atoms with Gasteiger partial charge in [0.1, 0.15) is 0 Å². The summed E-state index contributed by atoms with van der Waals surface area (Å²) in [6, 6.07) is 8.90. The van der Waals surface area contributed by atoms with Gasteiger partial charge in [0.15, 0.2) is 0 Å². The lowest BCUT2D eigenvalue weighted by Crippen LogP contribution is -2.46. The van der Waals surface area contributed by atoms with E-state index in [9.17, 15) is 0 Å². The van der Waals surface area contributed by atoms with Gasteiger partial charge in [0.2, 0.25) is 0 Å². The lowest BCUT2D eigenvalue weighted by Gasteiger charge is -2.30. The molecule has 0 amide bonds. The van der Waals surface area contributed by atoms with Crippen LogP contribution in [0.1, 0.15) is 11.6 Å². The molecule has 102 valence electrons. The van der Waals surface area contributed by atoms with Crippen molar-refractivity contribution in [3.63, 3.8) is 0 Å². The van der Waals surface area contributed by atoms with Crippen LogP contribution in [0.3, 0.4) is 0 Å². The largest absolute Gasteiger partial charge is 0.361 e. The number of likely N-dealkylation sites (N-methyl/N-ethyl adjacent to an activating group) is 1. The number of para-hydroxylation sites is 1. The predicted molar refractivity (Wildman–Crippen MR) is 79.4 cm³/mol. The molecule has 4 heteroatoms. The first-order valence-corrected chi connectivity index (χ1v) is 7.05. The molecule has 0 bridgehead atoms. The third kappa shape index (κ3) is 2.66. The van der Waals surface area contributed by atoms with Gasteiger partial charge in [-0.25, -0.2) is 0 Å². The number of piperazine rings is 1. The molecule has 0 radical (unpaired) electrons. The number of rotatable bonds is 4. The molecule has 2 aromatic rings. The summed E-state index contributed by atoms with van der Waals surface area (Å²) >= 11 is 0. The van der Waals surface area contributed by atoms with Gasteiger partial charge >= 0.3 is 0 Å². The fourth-order valence-corrected chi connectivity index (χ4v) is 2.88. The molecule has 1 aromatic carbocycles. The van der Waals surface area contributed by atoms with Gasteiger partial charge in [-0.3, -0.25) is 4.90 Å². The van der Waals surface area contributed by atoms with Crippen LogP contribution in [0.5, 0.6) is 0 Å². The summed E-state index contributed by atoms with van der Waals surface area (Å²) < 4.78 is 0. The Bertz CT molecular complexity index is 528. The smallest absolute Gasteiger partial charge is 0.0468 e. The second kappa shape index (κ2) is 5.74. The van der Waals surface area contributed by atoms with Gasteiger partial charge in [0.25, 0.3) is 0 Å². The van der Waals surface area contributed by atoms with Crippen molar-refractivity contribution in [2.24, 2.45) is 0 Å². The number of benzene rings is 1. The molecule has 1 saturated heterocycles. The Kier molecular flexibility index (Phi) is 3.82. The van der Waals surface area contributed by atoms with Crippen molar-refractivity contribution < 1.29 is 0 Å². The zero-order valence-corrected chi connectivity index (χ0v) is 11.4. The number of H-pyrrole nitrogens is 1. The Balaban J connectivity index is 1.81. The zero-order valence-electron chi connectivity index (χ0n) is 11.4. The first-order valence-electron chi connectivity index (χ1n) is 7.05. The van der Waals surface area contributed by atoms with Crippen molar-refractivity contribution in [2.45, 2.75) is 6.04 Å². The maximum absolute atomic E-state index is 3.46. The van der Waals surface area contributed by atoms with Gasteiger partial charge in [0, 0.05) is 55.9 Å². The fourth-order valence-electron chi connectivity index (χ4n) is 2.88. The summed E-state index contributed by atoms with van der Waals surface area (Å²) in [5, 5.41) is 8.19. The maximum Gasteiger partial charge on any atom is 0.0468 e. The minimum absolute atomic E-state index is 0.384. The van der Waals surface area contributed by atoms with E-state index in [-0.39, 0.29) is 0 Å². The zero-order chi connectivity index (χ0) is 13.1. The van der Waals surface area contributed by atoms with E-state index in [4.69, 9.17) is 0 Å². The highest BCUT2D eigenvalue weighted by Gasteiger charge is 2.18. The molecule has 1 aliphatic heterocycles. The topological polar surface area (TPSA) is 43.1 Å². The number of aromatic amines is 1. The highest BCUT2D eigenvalue weighted by Crippen LogP contribution is 2.24. The summed E-state index contributed by atoms with van der Waals surface area (Å²) in [5.41, 5.74) is 2.59. The second-order valence-electron chi connectivity index (χ2n) is 5.18. The number of aromatic nitrogens is 1. The monoisotopic (exact) mass is 258 g/mol. The quantitative estimate of drug-likeness (QED) is 0.775. The van der Waals surface area contributed by atoms with E-state index in [1.807, 2.05) is 0 Å². The fraction of sp³-hybridized carbons (Fsp3) is 0.467. The first-order chi connectivity index (χ1) is 9.38. The molecular formula is C15H22N4. The van der Waals surface area contributed by atoms with E-state index in [1.165, 1.54) is 16.5 Å². The molecule has 1 atom stereocenters. The van der Waals surface area contributed by atoms with Crippen molar-refractivity contribution in [3.8, 4) is 0 Å². The SMILES string of the molecule is CNC(CN1CCNCC1)c1c[nH]c2ccccc12. The number of hydrogen-bond donors (Lipinski definition) is 3. The van der Waals surface area contributed by atoms with Crippen LogP contribution in [0.2, 0.25) is 0 Å². The predicted octanol–water partition coefficient (Wildman–Crippen LogP) is 1.33. The van der Waals surface area contributed by atoms with Crippen LogP contribution < -0.4 is 10.6 Å². The van der Waals surface area contributed by atoms with Gasteiger partial charge in [-0.05, 0) is 18.7 Å². The van der Waals surface area contributed by atoms with Gasteiger partial charge in [-0.1, -0.05) is 18.2 Å². The normalized spacial score (nSPS) is 18.8. The second-order valence-corrected chi connectivity index (χ2v) is 5.18. The number of hydrogen-bond acceptors (Lipinski definition) is 3. The summed E-state index contributed by atoms with van der Waals surface area (Å²) in [4.78, 5) is 5.90. The molecule has 3 N–H and O–H groups in total. The minimum atomic E-state index is 0.384. The van der Waals surface area contributed by atoms with Crippen LogP contribution in [0.15, 0.2) is 30.5 Å². The average Bonchev–Trinajstić information content (AvgIpc) is 2.90. The van der Waals surface area contributed by atoms with Crippen LogP contribution >= 0.6 is 0 Å². The molecule has 2 heterocycles. The van der Waals surface area contributed by atoms with E-state index >= 15 is 0 Å². The molecule has 0 aliphatic carbocycles. The standard InChI is InChI=1S/C15H22N4/c1-16-15(11-19-8-6-17-7-9-19)13-10-18-14-5-3-2-4-12(13)14/h2-5,10,15-18H,6-9,11H2,1H3. The Labute approximate surface area is 114 Å². The van der Waals surface area contributed by atoms with Crippen molar-refractivity contribution in [2.75, 3.05) is 39.8 Å². The van der Waals surface area contributed by atoms with Gasteiger partial charge in [-0.15, -0.1) is 0 Å². The Morgan fingerprint density at radius 1 is 1.26 bits per heavy atom. The third-order valence-electron chi connectivity index (χ3n) is 4.00. The van der Waals surface area contributed by atoms with E-state index < -0.39 is 0 Å². The number of nitrogens with zero attached hydrogens (tertiary/aromatic N) is 1. The number of fused-ring (bicyclic) bond motifs is 1. The Morgan fingerprint density at radius 3 is 2.84 bits per heavy atom.